The average molecular weight is 396 g/mol. The van der Waals surface area contributed by atoms with Crippen LogP contribution in [0.5, 0.6) is 0 Å². The van der Waals surface area contributed by atoms with E-state index in [9.17, 15) is 13.2 Å². The van der Waals surface area contributed by atoms with Crippen LogP contribution in [0.4, 0.5) is 5.69 Å². The van der Waals surface area contributed by atoms with Gasteiger partial charge in [-0.1, -0.05) is 35.9 Å². The molecule has 0 unspecified atom stereocenters. The van der Waals surface area contributed by atoms with Gasteiger partial charge in [-0.3, -0.25) is 9.69 Å². The minimum Gasteiger partial charge on any atom is -0.325 e. The number of amides is 1. The molecule has 2 aromatic carbocycles. The van der Waals surface area contributed by atoms with E-state index in [1.165, 1.54) is 26.2 Å². The van der Waals surface area contributed by atoms with Crippen molar-refractivity contribution in [3.8, 4) is 0 Å². The summed E-state index contributed by atoms with van der Waals surface area (Å²) in [7, 11) is 1.19. The van der Waals surface area contributed by atoms with E-state index in [1.807, 2.05) is 36.2 Å². The van der Waals surface area contributed by atoms with Crippen molar-refractivity contribution in [3.63, 3.8) is 0 Å². The third-order valence-electron chi connectivity index (χ3n) is 3.71. The summed E-state index contributed by atoms with van der Waals surface area (Å²) in [5.41, 5.74) is 1.37. The van der Waals surface area contributed by atoms with E-state index < -0.39 is 10.0 Å². The van der Waals surface area contributed by atoms with Gasteiger partial charge in [0.1, 0.15) is 0 Å². The van der Waals surface area contributed by atoms with Crippen LogP contribution in [0.15, 0.2) is 53.4 Å². The summed E-state index contributed by atoms with van der Waals surface area (Å²) in [5, 5.41) is 3.38. The Bertz CT molecular complexity index is 885. The summed E-state index contributed by atoms with van der Waals surface area (Å²) >= 11 is 6.13. The van der Waals surface area contributed by atoms with Crippen molar-refractivity contribution in [1.29, 1.82) is 0 Å². The van der Waals surface area contributed by atoms with Crippen LogP contribution in [0.25, 0.3) is 0 Å². The van der Waals surface area contributed by atoms with Crippen LogP contribution in [0, 0.1) is 0 Å². The molecule has 2 aromatic rings. The number of carbonyl (C=O) groups is 1. The van der Waals surface area contributed by atoms with Crippen molar-refractivity contribution in [2.75, 3.05) is 33.0 Å². The quantitative estimate of drug-likeness (QED) is 0.782. The second-order valence-electron chi connectivity index (χ2n) is 6.13. The summed E-state index contributed by atoms with van der Waals surface area (Å²) < 4.78 is 25.5. The standard InChI is InChI=1S/C18H22ClN3O3S/c1-21(2)26(24,25)16-9-6-8-15(11-16)20-18(23)13-22(3)12-14-7-4-5-10-17(14)19/h4-11H,12-13H2,1-3H3,(H,20,23). The van der Waals surface area contributed by atoms with Crippen molar-refractivity contribution in [1.82, 2.24) is 9.21 Å². The maximum absolute atomic E-state index is 12.2. The van der Waals surface area contributed by atoms with Gasteiger partial charge < -0.3 is 5.32 Å². The highest BCUT2D eigenvalue weighted by atomic mass is 35.5. The Balaban J connectivity index is 2.01. The first kappa shape index (κ1) is 20.4. The first-order chi connectivity index (χ1) is 12.2. The Morgan fingerprint density at radius 2 is 1.77 bits per heavy atom. The molecule has 0 aliphatic rings. The average Bonchev–Trinajstić information content (AvgIpc) is 2.56. The zero-order chi connectivity index (χ0) is 19.3. The zero-order valence-corrected chi connectivity index (χ0v) is 16.5. The minimum atomic E-state index is -3.55. The number of rotatable bonds is 7. The number of hydrogen-bond donors (Lipinski definition) is 1. The number of benzene rings is 2. The second-order valence-corrected chi connectivity index (χ2v) is 8.69. The molecule has 26 heavy (non-hydrogen) atoms. The van der Waals surface area contributed by atoms with Crippen LogP contribution in [-0.2, 0) is 21.4 Å². The lowest BCUT2D eigenvalue weighted by Crippen LogP contribution is -2.30. The SMILES string of the molecule is CN(CC(=O)Nc1cccc(S(=O)(=O)N(C)C)c1)Cc1ccccc1Cl. The van der Waals surface area contributed by atoms with Crippen LogP contribution >= 0.6 is 11.6 Å². The molecule has 0 saturated heterocycles. The lowest BCUT2D eigenvalue weighted by atomic mass is 10.2. The minimum absolute atomic E-state index is 0.129. The van der Waals surface area contributed by atoms with E-state index in [4.69, 9.17) is 11.6 Å². The van der Waals surface area contributed by atoms with Crippen molar-refractivity contribution < 1.29 is 13.2 Å². The van der Waals surface area contributed by atoms with Crippen molar-refractivity contribution >= 4 is 33.2 Å². The number of hydrogen-bond acceptors (Lipinski definition) is 4. The Kier molecular flexibility index (Phi) is 6.77. The first-order valence-corrected chi connectivity index (χ1v) is 9.76. The zero-order valence-electron chi connectivity index (χ0n) is 14.9. The summed E-state index contributed by atoms with van der Waals surface area (Å²) in [6.45, 7) is 0.679. The predicted octanol–water partition coefficient (Wildman–Crippen LogP) is 2.66. The summed E-state index contributed by atoms with van der Waals surface area (Å²) in [5.74, 6) is -0.237. The molecule has 0 aromatic heterocycles. The van der Waals surface area contributed by atoms with Crippen molar-refractivity contribution in [3.05, 3.63) is 59.1 Å². The van der Waals surface area contributed by atoms with Gasteiger partial charge >= 0.3 is 0 Å². The normalized spacial score (nSPS) is 11.8. The monoisotopic (exact) mass is 395 g/mol. The molecule has 0 saturated carbocycles. The van der Waals surface area contributed by atoms with Crippen LogP contribution < -0.4 is 5.32 Å². The number of anilines is 1. The molecule has 140 valence electrons. The highest BCUT2D eigenvalue weighted by Gasteiger charge is 2.18. The van der Waals surface area contributed by atoms with E-state index in [0.717, 1.165) is 9.87 Å². The Morgan fingerprint density at radius 3 is 2.42 bits per heavy atom. The number of halogens is 1. The van der Waals surface area contributed by atoms with Gasteiger partial charge in [-0.05, 0) is 36.9 Å². The molecule has 1 N–H and O–H groups in total. The topological polar surface area (TPSA) is 69.7 Å². The van der Waals surface area contributed by atoms with Gasteiger partial charge in [-0.15, -0.1) is 0 Å². The second kappa shape index (κ2) is 8.64. The third kappa shape index (κ3) is 5.28. The molecular formula is C18H22ClN3O3S. The Hall–Kier alpha value is -1.93. The van der Waals surface area contributed by atoms with Gasteiger partial charge in [0.05, 0.1) is 11.4 Å². The van der Waals surface area contributed by atoms with Crippen molar-refractivity contribution in [2.45, 2.75) is 11.4 Å². The van der Waals surface area contributed by atoms with E-state index in [1.54, 1.807) is 12.1 Å². The molecule has 0 aliphatic carbocycles. The molecule has 8 heteroatoms. The molecule has 0 aliphatic heterocycles. The number of likely N-dealkylation sites (N-methyl/N-ethyl adjacent to an activating group) is 1. The van der Waals surface area contributed by atoms with E-state index >= 15 is 0 Å². The van der Waals surface area contributed by atoms with E-state index in [0.29, 0.717) is 17.3 Å². The molecule has 1 amide bonds. The highest BCUT2D eigenvalue weighted by molar-refractivity contribution is 7.89. The number of carbonyl (C=O) groups excluding carboxylic acids is 1. The van der Waals surface area contributed by atoms with Crippen LogP contribution in [-0.4, -0.2) is 51.2 Å². The number of nitrogens with one attached hydrogen (secondary N) is 1. The Morgan fingerprint density at radius 1 is 1.08 bits per heavy atom. The fourth-order valence-electron chi connectivity index (χ4n) is 2.36. The molecule has 0 atom stereocenters. The van der Waals surface area contributed by atoms with Crippen molar-refractivity contribution in [2.24, 2.45) is 0 Å². The van der Waals surface area contributed by atoms with Crippen LogP contribution in [0.2, 0.25) is 5.02 Å². The maximum Gasteiger partial charge on any atom is 0.242 e. The number of nitrogens with zero attached hydrogens (tertiary/aromatic N) is 2. The summed E-state index contributed by atoms with van der Waals surface area (Å²) in [6.07, 6.45) is 0. The first-order valence-electron chi connectivity index (χ1n) is 7.94. The molecule has 2 rings (SSSR count). The van der Waals surface area contributed by atoms with E-state index in [2.05, 4.69) is 5.32 Å². The van der Waals surface area contributed by atoms with Crippen LogP contribution in [0.1, 0.15) is 5.56 Å². The smallest absolute Gasteiger partial charge is 0.242 e. The predicted molar refractivity (Wildman–Crippen MR) is 104 cm³/mol. The maximum atomic E-state index is 12.2. The molecule has 6 nitrogen and oxygen atoms in total. The molecule has 0 radical (unpaired) electrons. The van der Waals surface area contributed by atoms with Gasteiger partial charge in [-0.2, -0.15) is 0 Å². The Labute approximate surface area is 159 Å². The molecule has 0 fully saturated rings. The summed E-state index contributed by atoms with van der Waals surface area (Å²) in [4.78, 5) is 14.2. The fraction of sp³-hybridized carbons (Fsp3) is 0.278. The lowest BCUT2D eigenvalue weighted by molar-refractivity contribution is -0.117. The van der Waals surface area contributed by atoms with Gasteiger partial charge in [0, 0.05) is 31.4 Å². The largest absolute Gasteiger partial charge is 0.325 e. The summed E-state index contributed by atoms with van der Waals surface area (Å²) in [6, 6.07) is 13.7. The molecule has 0 bridgehead atoms. The molecule has 0 spiro atoms. The highest BCUT2D eigenvalue weighted by Crippen LogP contribution is 2.19. The van der Waals surface area contributed by atoms with Crippen LogP contribution in [0.3, 0.4) is 0 Å². The van der Waals surface area contributed by atoms with Gasteiger partial charge in [0.15, 0.2) is 0 Å². The molecular weight excluding hydrogens is 374 g/mol. The van der Waals surface area contributed by atoms with Gasteiger partial charge in [0.25, 0.3) is 0 Å². The molecule has 0 heterocycles. The van der Waals surface area contributed by atoms with Gasteiger partial charge in [-0.25, -0.2) is 12.7 Å². The van der Waals surface area contributed by atoms with Gasteiger partial charge in [0.2, 0.25) is 15.9 Å². The fourth-order valence-corrected chi connectivity index (χ4v) is 3.51. The third-order valence-corrected chi connectivity index (χ3v) is 5.89. The lowest BCUT2D eigenvalue weighted by Gasteiger charge is -2.17. The van der Waals surface area contributed by atoms with E-state index in [-0.39, 0.29) is 17.3 Å². The number of sulfonamides is 1.